The quantitative estimate of drug-likeness (QED) is 0.600. The molecule has 4 rings (SSSR count). The van der Waals surface area contributed by atoms with Crippen molar-refractivity contribution in [3.8, 4) is 5.69 Å². The van der Waals surface area contributed by atoms with Gasteiger partial charge in [-0.3, -0.25) is 10.2 Å². The third-order valence-electron chi connectivity index (χ3n) is 4.88. The highest BCUT2D eigenvalue weighted by Gasteiger charge is 2.36. The van der Waals surface area contributed by atoms with E-state index in [2.05, 4.69) is 10.1 Å². The second-order valence-corrected chi connectivity index (χ2v) is 9.20. The van der Waals surface area contributed by atoms with E-state index in [-0.39, 0.29) is 17.3 Å². The molecule has 0 aliphatic carbocycles. The molecule has 0 unspecified atom stereocenters. The molecular formula is C21H19Cl2N5OS. The molecule has 1 aromatic carbocycles. The highest BCUT2D eigenvalue weighted by Crippen LogP contribution is 2.33. The summed E-state index contributed by atoms with van der Waals surface area (Å²) in [4.78, 5) is 16.8. The SMILES string of the molecule is Cc1cc(/C=C2\C(=N)N3N=C(C(C)C)SC3=NC2=O)c(C)n1-c1ccc(Cl)cc1Cl. The number of nitrogens with one attached hydrogen (secondary N) is 1. The van der Waals surface area contributed by atoms with Crippen molar-refractivity contribution in [1.29, 1.82) is 5.41 Å². The molecule has 0 saturated carbocycles. The number of rotatable bonds is 3. The Hall–Kier alpha value is -2.35. The van der Waals surface area contributed by atoms with Crippen LogP contribution in [0.2, 0.25) is 10.0 Å². The Morgan fingerprint density at radius 1 is 1.20 bits per heavy atom. The van der Waals surface area contributed by atoms with Gasteiger partial charge in [-0.25, -0.2) is 0 Å². The van der Waals surface area contributed by atoms with Gasteiger partial charge in [0, 0.05) is 22.3 Å². The summed E-state index contributed by atoms with van der Waals surface area (Å²) in [6, 6.07) is 7.29. The number of aryl methyl sites for hydroxylation is 1. The van der Waals surface area contributed by atoms with Crippen molar-refractivity contribution >= 4 is 63.0 Å². The fraction of sp³-hybridized carbons (Fsp3) is 0.238. The number of aromatic nitrogens is 1. The third-order valence-corrected chi connectivity index (χ3v) is 6.63. The van der Waals surface area contributed by atoms with Gasteiger partial charge in [0.25, 0.3) is 5.91 Å². The number of halogens is 2. The number of nitrogens with zero attached hydrogens (tertiary/aromatic N) is 4. The first kappa shape index (κ1) is 20.9. The van der Waals surface area contributed by atoms with Crippen molar-refractivity contribution in [3.05, 3.63) is 56.8 Å². The molecular weight excluding hydrogens is 441 g/mol. The Morgan fingerprint density at radius 2 is 1.93 bits per heavy atom. The largest absolute Gasteiger partial charge is 0.316 e. The van der Waals surface area contributed by atoms with E-state index in [1.54, 1.807) is 18.2 Å². The summed E-state index contributed by atoms with van der Waals surface area (Å²) in [5.74, 6) is -0.211. The summed E-state index contributed by atoms with van der Waals surface area (Å²) < 4.78 is 2.00. The minimum absolute atomic E-state index is 0.0301. The van der Waals surface area contributed by atoms with E-state index in [1.807, 2.05) is 44.4 Å². The number of hydrogen-bond acceptors (Lipinski definition) is 4. The van der Waals surface area contributed by atoms with Gasteiger partial charge >= 0.3 is 0 Å². The minimum atomic E-state index is -0.437. The number of benzene rings is 1. The number of amides is 1. The minimum Gasteiger partial charge on any atom is -0.316 e. The summed E-state index contributed by atoms with van der Waals surface area (Å²) >= 11 is 13.8. The second kappa shape index (κ2) is 7.72. The lowest BCUT2D eigenvalue weighted by Crippen LogP contribution is -2.35. The second-order valence-electron chi connectivity index (χ2n) is 7.37. The van der Waals surface area contributed by atoms with E-state index in [4.69, 9.17) is 28.6 Å². The molecule has 0 atom stereocenters. The van der Waals surface area contributed by atoms with E-state index in [0.29, 0.717) is 15.2 Å². The average Bonchev–Trinajstić information content (AvgIpc) is 3.21. The Kier molecular flexibility index (Phi) is 5.38. The molecule has 2 aliphatic heterocycles. The van der Waals surface area contributed by atoms with Crippen LogP contribution in [0, 0.1) is 25.2 Å². The molecule has 0 fully saturated rings. The van der Waals surface area contributed by atoms with E-state index < -0.39 is 5.91 Å². The maximum absolute atomic E-state index is 12.7. The van der Waals surface area contributed by atoms with Gasteiger partial charge in [0.2, 0.25) is 5.17 Å². The first-order chi connectivity index (χ1) is 14.2. The molecule has 6 nitrogen and oxygen atoms in total. The van der Waals surface area contributed by atoms with Crippen molar-refractivity contribution in [2.75, 3.05) is 0 Å². The van der Waals surface area contributed by atoms with Gasteiger partial charge in [-0.05, 0) is 61.5 Å². The Labute approximate surface area is 188 Å². The monoisotopic (exact) mass is 459 g/mol. The van der Waals surface area contributed by atoms with Crippen LogP contribution in [0.5, 0.6) is 0 Å². The number of hydrazone groups is 1. The highest BCUT2D eigenvalue weighted by atomic mass is 35.5. The van der Waals surface area contributed by atoms with Crippen LogP contribution < -0.4 is 0 Å². The maximum Gasteiger partial charge on any atom is 0.283 e. The van der Waals surface area contributed by atoms with Crippen LogP contribution in [0.25, 0.3) is 11.8 Å². The fourth-order valence-electron chi connectivity index (χ4n) is 3.36. The summed E-state index contributed by atoms with van der Waals surface area (Å²) in [6.07, 6.45) is 1.70. The van der Waals surface area contributed by atoms with Crippen molar-refractivity contribution < 1.29 is 4.79 Å². The number of carbonyl (C=O) groups is 1. The van der Waals surface area contributed by atoms with Gasteiger partial charge in [-0.2, -0.15) is 15.1 Å². The molecule has 0 spiro atoms. The van der Waals surface area contributed by atoms with Crippen molar-refractivity contribution in [2.24, 2.45) is 16.0 Å². The van der Waals surface area contributed by atoms with Crippen molar-refractivity contribution in [2.45, 2.75) is 27.7 Å². The molecule has 0 saturated heterocycles. The zero-order valence-corrected chi connectivity index (χ0v) is 19.2. The topological polar surface area (TPSA) is 73.8 Å². The van der Waals surface area contributed by atoms with Crippen LogP contribution in [0.1, 0.15) is 30.8 Å². The van der Waals surface area contributed by atoms with Gasteiger partial charge in [-0.1, -0.05) is 37.0 Å². The van der Waals surface area contributed by atoms with E-state index in [9.17, 15) is 4.79 Å². The van der Waals surface area contributed by atoms with Crippen LogP contribution >= 0.6 is 35.0 Å². The van der Waals surface area contributed by atoms with Crippen molar-refractivity contribution in [3.63, 3.8) is 0 Å². The van der Waals surface area contributed by atoms with Crippen LogP contribution in [0.15, 0.2) is 39.9 Å². The van der Waals surface area contributed by atoms with Crippen LogP contribution in [0.4, 0.5) is 0 Å². The predicted octanol–water partition coefficient (Wildman–Crippen LogP) is 5.68. The molecule has 1 N–H and O–H groups in total. The molecule has 3 heterocycles. The van der Waals surface area contributed by atoms with Gasteiger partial charge in [0.1, 0.15) is 5.04 Å². The van der Waals surface area contributed by atoms with Crippen LogP contribution in [0.3, 0.4) is 0 Å². The summed E-state index contributed by atoms with van der Waals surface area (Å²) in [7, 11) is 0. The summed E-state index contributed by atoms with van der Waals surface area (Å²) in [5, 5.41) is 16.8. The van der Waals surface area contributed by atoms with Crippen molar-refractivity contribution in [1.82, 2.24) is 9.58 Å². The Balaban J connectivity index is 1.76. The lowest BCUT2D eigenvalue weighted by atomic mass is 10.1. The molecule has 0 bridgehead atoms. The highest BCUT2D eigenvalue weighted by molar-refractivity contribution is 8.27. The first-order valence-electron chi connectivity index (χ1n) is 9.32. The standard InChI is InChI=1S/C21H19Cl2N5OS/c1-10(2)20-26-28-18(24)15(19(29)25-21(28)30-20)8-13-7-11(3)27(12(13)4)17-6-5-14(22)9-16(17)23/h5-10,24H,1-4H3/b15-8+,24-18?. The fourth-order valence-corrected chi connectivity index (χ4v) is 4.75. The van der Waals surface area contributed by atoms with Gasteiger partial charge in [0.05, 0.1) is 16.3 Å². The number of fused-ring (bicyclic) bond motifs is 1. The zero-order valence-electron chi connectivity index (χ0n) is 16.8. The zero-order chi connectivity index (χ0) is 21.7. The molecule has 2 aromatic rings. The summed E-state index contributed by atoms with van der Waals surface area (Å²) in [6.45, 7) is 7.94. The molecule has 9 heteroatoms. The van der Waals surface area contributed by atoms with Crippen LogP contribution in [-0.4, -0.2) is 31.5 Å². The average molecular weight is 460 g/mol. The number of aliphatic imine (C=N–C) groups is 1. The number of carbonyl (C=O) groups excluding carboxylic acids is 1. The molecule has 2 aliphatic rings. The normalized spacial score (nSPS) is 17.7. The molecule has 1 aromatic heterocycles. The molecule has 0 radical (unpaired) electrons. The lowest BCUT2D eigenvalue weighted by molar-refractivity contribution is -0.114. The van der Waals surface area contributed by atoms with Crippen LogP contribution in [-0.2, 0) is 4.79 Å². The Morgan fingerprint density at radius 3 is 2.60 bits per heavy atom. The van der Waals surface area contributed by atoms with Gasteiger partial charge < -0.3 is 4.57 Å². The third kappa shape index (κ3) is 3.51. The number of amidine groups is 2. The molecule has 30 heavy (non-hydrogen) atoms. The van der Waals surface area contributed by atoms with E-state index >= 15 is 0 Å². The Bertz CT molecular complexity index is 1190. The number of hydrogen-bond donors (Lipinski definition) is 1. The van der Waals surface area contributed by atoms with E-state index in [0.717, 1.165) is 27.7 Å². The predicted molar refractivity (Wildman–Crippen MR) is 125 cm³/mol. The maximum atomic E-state index is 12.7. The first-order valence-corrected chi connectivity index (χ1v) is 10.9. The van der Waals surface area contributed by atoms with E-state index in [1.165, 1.54) is 16.8 Å². The lowest BCUT2D eigenvalue weighted by Gasteiger charge is -2.20. The smallest absolute Gasteiger partial charge is 0.283 e. The van der Waals surface area contributed by atoms with Gasteiger partial charge in [0.15, 0.2) is 5.84 Å². The summed E-state index contributed by atoms with van der Waals surface area (Å²) in [5.41, 5.74) is 3.65. The number of thioether (sulfide) groups is 1. The molecule has 154 valence electrons. The molecule has 1 amide bonds. The van der Waals surface area contributed by atoms with Gasteiger partial charge in [-0.15, -0.1) is 0 Å².